The number of hydrogen-bond donors (Lipinski definition) is 0. The number of benzene rings is 1. The molecule has 0 saturated heterocycles. The van der Waals surface area contributed by atoms with Crippen LogP contribution in [0.25, 0.3) is 0 Å². The number of rotatable bonds is 5. The summed E-state index contributed by atoms with van der Waals surface area (Å²) in [5.41, 5.74) is 1.84. The zero-order valence-electron chi connectivity index (χ0n) is 12.4. The van der Waals surface area contributed by atoms with E-state index in [4.69, 9.17) is 0 Å². The highest BCUT2D eigenvalue weighted by atomic mass is 16.2. The lowest BCUT2D eigenvalue weighted by Gasteiger charge is -2.34. The maximum atomic E-state index is 12.0. The van der Waals surface area contributed by atoms with E-state index in [9.17, 15) is 9.59 Å². The van der Waals surface area contributed by atoms with E-state index in [0.29, 0.717) is 0 Å². The van der Waals surface area contributed by atoms with Gasteiger partial charge in [0.05, 0.1) is 6.04 Å². The highest BCUT2D eigenvalue weighted by Crippen LogP contribution is 2.26. The lowest BCUT2D eigenvalue weighted by molar-refractivity contribution is -0.124. The summed E-state index contributed by atoms with van der Waals surface area (Å²) in [5, 5.41) is 0. The topological polar surface area (TPSA) is 37.4 Å². The number of nitrogens with zero attached hydrogens (tertiary/aromatic N) is 1. The fraction of sp³-hybridized carbons (Fsp3) is 0.500. The second-order valence-electron chi connectivity index (χ2n) is 5.12. The predicted octanol–water partition coefficient (Wildman–Crippen LogP) is 3.35. The number of carbonyl (C=O) groups is 2. The molecule has 0 aliphatic rings. The van der Waals surface area contributed by atoms with Gasteiger partial charge in [0.2, 0.25) is 5.91 Å². The van der Waals surface area contributed by atoms with Crippen molar-refractivity contribution < 1.29 is 9.59 Å². The van der Waals surface area contributed by atoms with E-state index in [0.717, 1.165) is 17.7 Å². The Morgan fingerprint density at radius 2 is 1.79 bits per heavy atom. The Hall–Kier alpha value is -1.64. The molecule has 19 heavy (non-hydrogen) atoms. The molecule has 0 aromatic heterocycles. The number of aryl methyl sites for hydroxylation is 1. The van der Waals surface area contributed by atoms with Crippen molar-refractivity contribution in [2.45, 2.75) is 47.1 Å². The number of carbonyl (C=O) groups excluding carboxylic acids is 2. The third-order valence-electron chi connectivity index (χ3n) is 3.59. The summed E-state index contributed by atoms with van der Waals surface area (Å²) in [5.74, 6) is 0.0867. The van der Waals surface area contributed by atoms with Crippen molar-refractivity contribution in [3.8, 4) is 0 Å². The van der Waals surface area contributed by atoms with Gasteiger partial charge >= 0.3 is 0 Å². The zero-order valence-corrected chi connectivity index (χ0v) is 12.4. The summed E-state index contributed by atoms with van der Waals surface area (Å²) >= 11 is 0. The van der Waals surface area contributed by atoms with Crippen LogP contribution in [0.15, 0.2) is 24.3 Å². The monoisotopic (exact) mass is 261 g/mol. The molecule has 3 nitrogen and oxygen atoms in total. The molecular formula is C16H23NO2. The van der Waals surface area contributed by atoms with Crippen molar-refractivity contribution in [1.82, 2.24) is 0 Å². The molecule has 1 aromatic rings. The van der Waals surface area contributed by atoms with E-state index in [1.807, 2.05) is 45.0 Å². The van der Waals surface area contributed by atoms with Gasteiger partial charge in [-0.1, -0.05) is 38.5 Å². The standard InChI is InChI=1S/C16H23NO2/c1-6-11(2)16(13(4)18)17(14(5)19)15-10-8-7-9-12(15)3/h7-11,16H,6H2,1-5H3/t11-,16-/m0/s1. The largest absolute Gasteiger partial charge is 0.302 e. The summed E-state index contributed by atoms with van der Waals surface area (Å²) < 4.78 is 0. The molecule has 2 atom stereocenters. The summed E-state index contributed by atoms with van der Waals surface area (Å²) in [6.07, 6.45) is 0.861. The second kappa shape index (κ2) is 6.50. The minimum Gasteiger partial charge on any atom is -0.302 e. The predicted molar refractivity (Wildman–Crippen MR) is 78.3 cm³/mol. The highest BCUT2D eigenvalue weighted by Gasteiger charge is 2.31. The Morgan fingerprint density at radius 1 is 1.21 bits per heavy atom. The van der Waals surface area contributed by atoms with Crippen LogP contribution in [0.3, 0.4) is 0 Å². The molecule has 0 N–H and O–H groups in total. The quantitative estimate of drug-likeness (QED) is 0.815. The minimum atomic E-state index is -0.386. The van der Waals surface area contributed by atoms with Gasteiger partial charge in [-0.25, -0.2) is 0 Å². The van der Waals surface area contributed by atoms with Crippen molar-refractivity contribution in [1.29, 1.82) is 0 Å². The molecule has 1 aromatic carbocycles. The van der Waals surface area contributed by atoms with Gasteiger partial charge < -0.3 is 4.90 Å². The minimum absolute atomic E-state index is 0.0350. The van der Waals surface area contributed by atoms with E-state index in [1.165, 1.54) is 6.92 Å². The lowest BCUT2D eigenvalue weighted by atomic mass is 9.93. The summed E-state index contributed by atoms with van der Waals surface area (Å²) in [4.78, 5) is 25.7. The van der Waals surface area contributed by atoms with Gasteiger partial charge in [-0.15, -0.1) is 0 Å². The average molecular weight is 261 g/mol. The van der Waals surface area contributed by atoms with Crippen LogP contribution in [0.2, 0.25) is 0 Å². The zero-order chi connectivity index (χ0) is 14.6. The maximum absolute atomic E-state index is 12.0. The molecule has 0 spiro atoms. The average Bonchev–Trinajstić information content (AvgIpc) is 2.35. The lowest BCUT2D eigenvalue weighted by Crippen LogP contribution is -2.47. The number of para-hydroxylation sites is 1. The summed E-state index contributed by atoms with van der Waals surface area (Å²) in [6.45, 7) is 9.09. The molecule has 0 radical (unpaired) electrons. The fourth-order valence-electron chi connectivity index (χ4n) is 2.41. The molecule has 104 valence electrons. The van der Waals surface area contributed by atoms with Crippen molar-refractivity contribution >= 4 is 17.4 Å². The van der Waals surface area contributed by atoms with E-state index in [-0.39, 0.29) is 23.7 Å². The molecule has 0 aliphatic carbocycles. The summed E-state index contributed by atoms with van der Waals surface area (Å²) in [7, 11) is 0. The van der Waals surface area contributed by atoms with Crippen LogP contribution in [-0.4, -0.2) is 17.7 Å². The molecule has 0 unspecified atom stereocenters. The Balaban J connectivity index is 3.30. The van der Waals surface area contributed by atoms with Crippen LogP contribution in [0.4, 0.5) is 5.69 Å². The van der Waals surface area contributed by atoms with E-state index in [1.54, 1.807) is 11.8 Å². The van der Waals surface area contributed by atoms with Crippen LogP contribution in [0.5, 0.6) is 0 Å². The normalized spacial score (nSPS) is 13.7. The molecule has 0 bridgehead atoms. The molecule has 0 fully saturated rings. The van der Waals surface area contributed by atoms with Crippen LogP contribution in [-0.2, 0) is 9.59 Å². The fourth-order valence-corrected chi connectivity index (χ4v) is 2.41. The van der Waals surface area contributed by atoms with Crippen molar-refractivity contribution in [2.75, 3.05) is 4.90 Å². The van der Waals surface area contributed by atoms with Crippen LogP contribution in [0.1, 0.15) is 39.7 Å². The van der Waals surface area contributed by atoms with Crippen LogP contribution in [0, 0.1) is 12.8 Å². The molecule has 0 heterocycles. The van der Waals surface area contributed by atoms with Gasteiger partial charge in [0.15, 0.2) is 5.78 Å². The Kier molecular flexibility index (Phi) is 5.28. The third-order valence-corrected chi connectivity index (χ3v) is 3.59. The molecule has 0 saturated carbocycles. The smallest absolute Gasteiger partial charge is 0.224 e. The second-order valence-corrected chi connectivity index (χ2v) is 5.12. The Bertz CT molecular complexity index is 468. The number of Topliss-reactive ketones (excluding diaryl/α,β-unsaturated/α-hetero) is 1. The van der Waals surface area contributed by atoms with Crippen molar-refractivity contribution in [2.24, 2.45) is 5.92 Å². The number of hydrogen-bond acceptors (Lipinski definition) is 2. The maximum Gasteiger partial charge on any atom is 0.224 e. The molecule has 1 amide bonds. The third kappa shape index (κ3) is 3.43. The number of ketones is 1. The molecule has 1 rings (SSSR count). The molecule has 3 heteroatoms. The van der Waals surface area contributed by atoms with Crippen molar-refractivity contribution in [3.05, 3.63) is 29.8 Å². The van der Waals surface area contributed by atoms with E-state index < -0.39 is 0 Å². The number of anilines is 1. The Morgan fingerprint density at radius 3 is 2.21 bits per heavy atom. The van der Waals surface area contributed by atoms with Gasteiger partial charge in [-0.2, -0.15) is 0 Å². The first-order valence-corrected chi connectivity index (χ1v) is 6.76. The van der Waals surface area contributed by atoms with Gasteiger partial charge in [-0.05, 0) is 31.4 Å². The molecular weight excluding hydrogens is 238 g/mol. The summed E-state index contributed by atoms with van der Waals surface area (Å²) in [6, 6.07) is 7.30. The number of amides is 1. The Labute approximate surface area is 115 Å². The SMILES string of the molecule is CC[C@H](C)[C@@H](C(C)=O)N(C(C)=O)c1ccccc1C. The van der Waals surface area contributed by atoms with Gasteiger partial charge in [0.1, 0.15) is 0 Å². The highest BCUT2D eigenvalue weighted by molar-refractivity contribution is 6.00. The first-order chi connectivity index (χ1) is 8.90. The first kappa shape index (κ1) is 15.4. The van der Waals surface area contributed by atoms with Crippen molar-refractivity contribution in [3.63, 3.8) is 0 Å². The van der Waals surface area contributed by atoms with Crippen LogP contribution < -0.4 is 4.90 Å². The van der Waals surface area contributed by atoms with E-state index >= 15 is 0 Å². The van der Waals surface area contributed by atoms with E-state index in [2.05, 4.69) is 0 Å². The van der Waals surface area contributed by atoms with Gasteiger partial charge in [-0.3, -0.25) is 9.59 Å². The first-order valence-electron chi connectivity index (χ1n) is 6.76. The molecule has 0 aliphatic heterocycles. The van der Waals surface area contributed by atoms with Gasteiger partial charge in [0, 0.05) is 12.6 Å². The van der Waals surface area contributed by atoms with Gasteiger partial charge in [0.25, 0.3) is 0 Å². The van der Waals surface area contributed by atoms with Crippen LogP contribution >= 0.6 is 0 Å².